The van der Waals surface area contributed by atoms with Crippen LogP contribution in [0.15, 0.2) is 115 Å². The summed E-state index contributed by atoms with van der Waals surface area (Å²) in [6.45, 7) is 8.83. The van der Waals surface area contributed by atoms with E-state index >= 15 is 0 Å². The van der Waals surface area contributed by atoms with Crippen molar-refractivity contribution in [1.82, 2.24) is 0 Å². The maximum absolute atomic E-state index is 11.7. The van der Waals surface area contributed by atoms with E-state index in [0.29, 0.717) is 13.2 Å². The van der Waals surface area contributed by atoms with Gasteiger partial charge in [-0.2, -0.15) is 0 Å². The Kier molecular flexibility index (Phi) is 13.8. The van der Waals surface area contributed by atoms with Crippen molar-refractivity contribution in [3.8, 4) is 0 Å². The topological polar surface area (TPSA) is 55.8 Å². The summed E-state index contributed by atoms with van der Waals surface area (Å²) in [5, 5.41) is 0. The van der Waals surface area contributed by atoms with Gasteiger partial charge in [-0.15, -0.1) is 0 Å². The highest BCUT2D eigenvalue weighted by Gasteiger charge is 2.13. The second-order valence-corrected chi connectivity index (χ2v) is 10.2. The molecule has 3 aromatic rings. The van der Waals surface area contributed by atoms with Crippen LogP contribution in [0.25, 0.3) is 0 Å². The Bertz CT molecular complexity index is 1340. The summed E-state index contributed by atoms with van der Waals surface area (Å²) in [6, 6.07) is 23.7. The smallest absolute Gasteiger partial charge is 0.330 e. The standard InChI is InChI=1S/C38H43NO4/c1-5-7-9-15-37(40)42-27-11-13-32-18-23-34(24-19-32)39(36-22-17-30(3)31(4)29-36)35-25-20-33(21-26-35)14-12-28-43-38(41)16-10-8-6-2/h5-10,15-26,29H,11-14,27-28H2,1-4H3/b7-5+,8-6+,15-9+,16-10+. The summed E-state index contributed by atoms with van der Waals surface area (Å²) < 4.78 is 10.6. The Balaban J connectivity index is 1.65. The summed E-state index contributed by atoms with van der Waals surface area (Å²) in [5.41, 5.74) is 8.11. The van der Waals surface area contributed by atoms with E-state index < -0.39 is 0 Å². The number of anilines is 3. The van der Waals surface area contributed by atoms with Crippen LogP contribution in [-0.4, -0.2) is 25.2 Å². The number of hydrogen-bond donors (Lipinski definition) is 0. The Hall–Kier alpha value is -4.64. The molecule has 43 heavy (non-hydrogen) atoms. The molecule has 0 N–H and O–H groups in total. The lowest BCUT2D eigenvalue weighted by atomic mass is 10.1. The van der Waals surface area contributed by atoms with Crippen molar-refractivity contribution >= 4 is 29.0 Å². The molecular weight excluding hydrogens is 534 g/mol. The van der Waals surface area contributed by atoms with E-state index in [0.717, 1.165) is 42.7 Å². The Labute approximate surface area is 256 Å². The zero-order chi connectivity index (χ0) is 30.9. The lowest BCUT2D eigenvalue weighted by molar-refractivity contribution is -0.138. The fourth-order valence-corrected chi connectivity index (χ4v) is 4.42. The quantitative estimate of drug-likeness (QED) is 0.0781. The van der Waals surface area contributed by atoms with Crippen molar-refractivity contribution in [3.05, 3.63) is 138 Å². The third-order valence-electron chi connectivity index (χ3n) is 6.92. The highest BCUT2D eigenvalue weighted by molar-refractivity contribution is 5.82. The minimum absolute atomic E-state index is 0.319. The zero-order valence-corrected chi connectivity index (χ0v) is 25.8. The molecular formula is C38H43NO4. The minimum Gasteiger partial charge on any atom is -0.463 e. The van der Waals surface area contributed by atoms with Crippen LogP contribution >= 0.6 is 0 Å². The van der Waals surface area contributed by atoms with Crippen molar-refractivity contribution < 1.29 is 19.1 Å². The van der Waals surface area contributed by atoms with Gasteiger partial charge in [-0.25, -0.2) is 9.59 Å². The summed E-state index contributed by atoms with van der Waals surface area (Å²) in [6.07, 6.45) is 16.7. The van der Waals surface area contributed by atoms with Crippen LogP contribution in [0.3, 0.4) is 0 Å². The van der Waals surface area contributed by atoms with E-state index in [1.165, 1.54) is 34.4 Å². The van der Waals surface area contributed by atoms with Crippen LogP contribution in [0.5, 0.6) is 0 Å². The summed E-state index contributed by atoms with van der Waals surface area (Å²) >= 11 is 0. The molecule has 0 aliphatic carbocycles. The van der Waals surface area contributed by atoms with E-state index in [9.17, 15) is 9.59 Å². The van der Waals surface area contributed by atoms with Crippen LogP contribution in [-0.2, 0) is 31.9 Å². The first kappa shape index (κ1) is 32.9. The maximum atomic E-state index is 11.7. The van der Waals surface area contributed by atoms with Gasteiger partial charge in [-0.3, -0.25) is 0 Å². The summed E-state index contributed by atoms with van der Waals surface area (Å²) in [4.78, 5) is 25.8. The number of carbonyl (C=O) groups is 2. The average molecular weight is 578 g/mol. The third-order valence-corrected chi connectivity index (χ3v) is 6.92. The van der Waals surface area contributed by atoms with Crippen LogP contribution in [0.4, 0.5) is 17.1 Å². The van der Waals surface area contributed by atoms with Crippen LogP contribution < -0.4 is 4.90 Å². The first-order valence-corrected chi connectivity index (χ1v) is 14.9. The average Bonchev–Trinajstić information content (AvgIpc) is 3.01. The summed E-state index contributed by atoms with van der Waals surface area (Å²) in [7, 11) is 0. The van der Waals surface area contributed by atoms with Gasteiger partial charge >= 0.3 is 11.9 Å². The fraction of sp³-hybridized carbons (Fsp3) is 0.263. The lowest BCUT2D eigenvalue weighted by Crippen LogP contribution is -2.10. The van der Waals surface area contributed by atoms with E-state index in [4.69, 9.17) is 9.47 Å². The van der Waals surface area contributed by atoms with Gasteiger partial charge in [-0.1, -0.05) is 66.8 Å². The van der Waals surface area contributed by atoms with Gasteiger partial charge in [-0.05, 0) is 112 Å². The minimum atomic E-state index is -0.319. The molecule has 0 saturated heterocycles. The van der Waals surface area contributed by atoms with Crippen molar-refractivity contribution in [2.75, 3.05) is 18.1 Å². The molecule has 0 aromatic heterocycles. The second-order valence-electron chi connectivity index (χ2n) is 10.2. The fourth-order valence-electron chi connectivity index (χ4n) is 4.42. The second kappa shape index (κ2) is 18.0. The molecule has 0 atom stereocenters. The number of carbonyl (C=O) groups excluding carboxylic acids is 2. The van der Waals surface area contributed by atoms with Gasteiger partial charge in [0, 0.05) is 29.2 Å². The molecule has 0 aliphatic rings. The van der Waals surface area contributed by atoms with E-state index in [2.05, 4.69) is 85.5 Å². The van der Waals surface area contributed by atoms with Gasteiger partial charge in [0.1, 0.15) is 0 Å². The highest BCUT2D eigenvalue weighted by atomic mass is 16.5. The molecule has 0 saturated carbocycles. The van der Waals surface area contributed by atoms with E-state index in [1.807, 2.05) is 26.0 Å². The molecule has 0 amide bonds. The number of rotatable bonds is 15. The first-order chi connectivity index (χ1) is 20.9. The molecule has 3 rings (SSSR count). The monoisotopic (exact) mass is 577 g/mol. The van der Waals surface area contributed by atoms with Gasteiger partial charge in [0.25, 0.3) is 0 Å². The van der Waals surface area contributed by atoms with Crippen molar-refractivity contribution in [3.63, 3.8) is 0 Å². The Morgan fingerprint density at radius 2 is 1.05 bits per heavy atom. The molecule has 0 fully saturated rings. The highest BCUT2D eigenvalue weighted by Crippen LogP contribution is 2.35. The lowest BCUT2D eigenvalue weighted by Gasteiger charge is -2.26. The first-order valence-electron chi connectivity index (χ1n) is 14.9. The number of allylic oxidation sites excluding steroid dienone is 6. The SMILES string of the molecule is C/C=C/C=C/C(=O)OCCCc1ccc(N(c2ccc(CCCOC(=O)/C=C/C=C/C)cc2)c2ccc(C)c(C)c2)cc1. The number of ether oxygens (including phenoxy) is 2. The predicted octanol–water partition coefficient (Wildman–Crippen LogP) is 8.99. The number of hydrogen-bond acceptors (Lipinski definition) is 5. The summed E-state index contributed by atoms with van der Waals surface area (Å²) in [5.74, 6) is -0.639. The number of benzene rings is 3. The molecule has 0 heterocycles. The maximum Gasteiger partial charge on any atom is 0.330 e. The molecule has 0 aliphatic heterocycles. The normalized spacial score (nSPS) is 11.6. The van der Waals surface area contributed by atoms with Gasteiger partial charge < -0.3 is 14.4 Å². The number of esters is 2. The molecule has 0 spiro atoms. The van der Waals surface area contributed by atoms with Gasteiger partial charge in [0.2, 0.25) is 0 Å². The molecule has 0 radical (unpaired) electrons. The molecule has 3 aromatic carbocycles. The molecule has 0 unspecified atom stereocenters. The van der Waals surface area contributed by atoms with Crippen molar-refractivity contribution in [2.45, 2.75) is 53.4 Å². The molecule has 224 valence electrons. The van der Waals surface area contributed by atoms with Crippen LogP contribution in [0.2, 0.25) is 0 Å². The Morgan fingerprint density at radius 3 is 1.47 bits per heavy atom. The van der Waals surface area contributed by atoms with Gasteiger partial charge in [0.15, 0.2) is 0 Å². The molecule has 5 heteroatoms. The van der Waals surface area contributed by atoms with Crippen LogP contribution in [0.1, 0.15) is 48.9 Å². The number of nitrogens with zero attached hydrogens (tertiary/aromatic N) is 1. The predicted molar refractivity (Wildman–Crippen MR) is 177 cm³/mol. The van der Waals surface area contributed by atoms with Gasteiger partial charge in [0.05, 0.1) is 13.2 Å². The van der Waals surface area contributed by atoms with Crippen molar-refractivity contribution in [2.24, 2.45) is 0 Å². The van der Waals surface area contributed by atoms with E-state index in [1.54, 1.807) is 24.3 Å². The molecule has 5 nitrogen and oxygen atoms in total. The van der Waals surface area contributed by atoms with Crippen molar-refractivity contribution in [1.29, 1.82) is 0 Å². The van der Waals surface area contributed by atoms with Crippen LogP contribution in [0, 0.1) is 13.8 Å². The molecule has 0 bridgehead atoms. The zero-order valence-electron chi connectivity index (χ0n) is 25.8. The van der Waals surface area contributed by atoms with E-state index in [-0.39, 0.29) is 11.9 Å². The number of aryl methyl sites for hydroxylation is 4. The Morgan fingerprint density at radius 1 is 0.605 bits per heavy atom. The largest absolute Gasteiger partial charge is 0.463 e. The third kappa shape index (κ3) is 11.3.